The Hall–Kier alpha value is -1.83. The fourth-order valence-corrected chi connectivity index (χ4v) is 4.07. The summed E-state index contributed by atoms with van der Waals surface area (Å²) in [5.74, 6) is -4.37. The second-order valence-corrected chi connectivity index (χ2v) is 7.88. The molecule has 0 saturated carbocycles. The molecule has 0 spiro atoms. The molecule has 1 unspecified atom stereocenters. The number of halogens is 2. The number of hydrogen-bond donors (Lipinski definition) is 1. The second kappa shape index (κ2) is 6.48. The zero-order valence-corrected chi connectivity index (χ0v) is 14.5. The highest BCUT2D eigenvalue weighted by molar-refractivity contribution is 7.85. The van der Waals surface area contributed by atoms with Crippen molar-refractivity contribution in [3.8, 4) is 0 Å². The van der Waals surface area contributed by atoms with Crippen LogP contribution in [-0.4, -0.2) is 36.9 Å². The molecular weight excluding hydrogens is 348 g/mol. The van der Waals surface area contributed by atoms with Gasteiger partial charge in [-0.05, 0) is 24.1 Å². The molecule has 4 nitrogen and oxygen atoms in total. The molecule has 0 aromatic heterocycles. The molecule has 2 aromatic carbocycles. The Morgan fingerprint density at radius 3 is 2.52 bits per heavy atom. The lowest BCUT2D eigenvalue weighted by Gasteiger charge is -2.20. The van der Waals surface area contributed by atoms with Gasteiger partial charge in [0.25, 0.3) is 16.0 Å². The Bertz CT molecular complexity index is 869. The van der Waals surface area contributed by atoms with Gasteiger partial charge in [-0.1, -0.05) is 48.0 Å². The zero-order chi connectivity index (χ0) is 18.2. The molecular formula is C18H19F2NO3S. The molecule has 1 heterocycles. The number of likely N-dealkylation sites (tertiary alicyclic amines) is 1. The van der Waals surface area contributed by atoms with Crippen molar-refractivity contribution >= 4 is 10.1 Å². The number of nitrogens with zero attached hydrogens (tertiary/aromatic N) is 1. The summed E-state index contributed by atoms with van der Waals surface area (Å²) in [5, 5.41) is 0. The van der Waals surface area contributed by atoms with Crippen molar-refractivity contribution in [2.75, 3.05) is 13.1 Å². The SMILES string of the molecule is Cc1ccc(S(=O)(=O)O)c(C2CN(Cc3ccccc3)CC2(F)F)c1. The van der Waals surface area contributed by atoms with Crippen LogP contribution in [0.4, 0.5) is 8.78 Å². The van der Waals surface area contributed by atoms with E-state index >= 15 is 0 Å². The largest absolute Gasteiger partial charge is 0.294 e. The molecule has 2 aromatic rings. The minimum absolute atomic E-state index is 0.0217. The van der Waals surface area contributed by atoms with Crippen LogP contribution in [0.1, 0.15) is 22.6 Å². The van der Waals surface area contributed by atoms with E-state index in [2.05, 4.69) is 0 Å². The number of benzene rings is 2. The summed E-state index contributed by atoms with van der Waals surface area (Å²) < 4.78 is 61.9. The van der Waals surface area contributed by atoms with Gasteiger partial charge in [-0.3, -0.25) is 9.45 Å². The highest BCUT2D eigenvalue weighted by atomic mass is 32.2. The standard InChI is InChI=1S/C18H19F2NO3S/c1-13-7-8-17(25(22,23)24)15(9-13)16-11-21(12-18(16,19)20)10-14-5-3-2-4-6-14/h2-9,16H,10-12H2,1H3,(H,22,23,24). The van der Waals surface area contributed by atoms with Gasteiger partial charge in [-0.2, -0.15) is 8.42 Å². The molecule has 134 valence electrons. The van der Waals surface area contributed by atoms with Crippen LogP contribution in [0.25, 0.3) is 0 Å². The highest BCUT2D eigenvalue weighted by Crippen LogP contribution is 2.43. The van der Waals surface area contributed by atoms with Gasteiger partial charge in [0.05, 0.1) is 17.4 Å². The summed E-state index contributed by atoms with van der Waals surface area (Å²) >= 11 is 0. The van der Waals surface area contributed by atoms with Crippen molar-refractivity contribution in [3.63, 3.8) is 0 Å². The van der Waals surface area contributed by atoms with Gasteiger partial charge < -0.3 is 0 Å². The highest BCUT2D eigenvalue weighted by Gasteiger charge is 2.49. The van der Waals surface area contributed by atoms with E-state index < -0.39 is 33.4 Å². The average Bonchev–Trinajstić information content (AvgIpc) is 2.81. The molecule has 1 fully saturated rings. The van der Waals surface area contributed by atoms with E-state index in [0.717, 1.165) is 5.56 Å². The zero-order valence-electron chi connectivity index (χ0n) is 13.7. The molecule has 1 aliphatic heterocycles. The topological polar surface area (TPSA) is 57.6 Å². The monoisotopic (exact) mass is 367 g/mol. The number of rotatable bonds is 4. The minimum Gasteiger partial charge on any atom is -0.292 e. The lowest BCUT2D eigenvalue weighted by molar-refractivity contribution is -0.00405. The molecule has 0 bridgehead atoms. The normalized spacial score (nSPS) is 20.7. The van der Waals surface area contributed by atoms with Crippen molar-refractivity contribution in [2.45, 2.75) is 30.2 Å². The van der Waals surface area contributed by atoms with Gasteiger partial charge in [-0.15, -0.1) is 0 Å². The van der Waals surface area contributed by atoms with Crippen LogP contribution in [0.2, 0.25) is 0 Å². The van der Waals surface area contributed by atoms with E-state index in [1.807, 2.05) is 30.3 Å². The van der Waals surface area contributed by atoms with Crippen molar-refractivity contribution in [2.24, 2.45) is 0 Å². The Balaban J connectivity index is 1.94. The summed E-state index contributed by atoms with van der Waals surface area (Å²) in [6, 6.07) is 13.4. The third-order valence-corrected chi connectivity index (χ3v) is 5.38. The van der Waals surface area contributed by atoms with Gasteiger partial charge in [0.15, 0.2) is 0 Å². The van der Waals surface area contributed by atoms with E-state index in [1.165, 1.54) is 18.2 Å². The number of aryl methyl sites for hydroxylation is 1. The molecule has 25 heavy (non-hydrogen) atoms. The summed E-state index contributed by atoms with van der Waals surface area (Å²) in [5.41, 5.74) is 1.56. The van der Waals surface area contributed by atoms with Gasteiger partial charge >= 0.3 is 0 Å². The molecule has 0 aliphatic carbocycles. The second-order valence-electron chi connectivity index (χ2n) is 6.49. The van der Waals surface area contributed by atoms with Crippen molar-refractivity contribution < 1.29 is 21.8 Å². The number of hydrogen-bond acceptors (Lipinski definition) is 3. The summed E-state index contributed by atoms with van der Waals surface area (Å²) in [6.45, 7) is 1.63. The first-order valence-corrected chi connectivity index (χ1v) is 9.33. The first-order chi connectivity index (χ1) is 11.7. The van der Waals surface area contributed by atoms with Crippen LogP contribution >= 0.6 is 0 Å². The van der Waals surface area contributed by atoms with Gasteiger partial charge in [0.1, 0.15) is 0 Å². The Morgan fingerprint density at radius 1 is 1.20 bits per heavy atom. The van der Waals surface area contributed by atoms with Crippen molar-refractivity contribution in [1.29, 1.82) is 0 Å². The van der Waals surface area contributed by atoms with Crippen LogP contribution in [-0.2, 0) is 16.7 Å². The lowest BCUT2D eigenvalue weighted by Crippen LogP contribution is -2.27. The molecule has 1 atom stereocenters. The first-order valence-electron chi connectivity index (χ1n) is 7.89. The maximum atomic E-state index is 14.6. The maximum Gasteiger partial charge on any atom is 0.294 e. The maximum absolute atomic E-state index is 14.6. The van der Waals surface area contributed by atoms with Crippen molar-refractivity contribution in [1.82, 2.24) is 4.90 Å². The molecule has 7 heteroatoms. The minimum atomic E-state index is -4.57. The van der Waals surface area contributed by atoms with Crippen LogP contribution in [0.3, 0.4) is 0 Å². The molecule has 3 rings (SSSR count). The van der Waals surface area contributed by atoms with E-state index in [-0.39, 0.29) is 12.1 Å². The Morgan fingerprint density at radius 2 is 1.88 bits per heavy atom. The summed E-state index contributed by atoms with van der Waals surface area (Å²) in [7, 11) is -4.57. The Kier molecular flexibility index (Phi) is 4.66. The van der Waals surface area contributed by atoms with Crippen molar-refractivity contribution in [3.05, 3.63) is 65.2 Å². The fourth-order valence-electron chi connectivity index (χ4n) is 3.33. The van der Waals surface area contributed by atoms with Crippen LogP contribution < -0.4 is 0 Å². The van der Waals surface area contributed by atoms with E-state index in [1.54, 1.807) is 11.8 Å². The van der Waals surface area contributed by atoms with Crippen LogP contribution in [0.5, 0.6) is 0 Å². The molecule has 1 aliphatic rings. The van der Waals surface area contributed by atoms with Crippen LogP contribution in [0, 0.1) is 6.92 Å². The predicted molar refractivity (Wildman–Crippen MR) is 90.4 cm³/mol. The van der Waals surface area contributed by atoms with Gasteiger partial charge in [0, 0.05) is 13.1 Å². The van der Waals surface area contributed by atoms with E-state index in [9.17, 15) is 21.8 Å². The third-order valence-electron chi connectivity index (χ3n) is 4.45. The van der Waals surface area contributed by atoms with Gasteiger partial charge in [0.2, 0.25) is 0 Å². The van der Waals surface area contributed by atoms with Crippen LogP contribution in [0.15, 0.2) is 53.4 Å². The first kappa shape index (κ1) is 18.0. The van der Waals surface area contributed by atoms with E-state index in [4.69, 9.17) is 0 Å². The Labute approximate surface area is 145 Å². The molecule has 0 radical (unpaired) electrons. The third kappa shape index (κ3) is 3.89. The quantitative estimate of drug-likeness (QED) is 0.841. The summed E-state index contributed by atoms with van der Waals surface area (Å²) in [4.78, 5) is 1.17. The van der Waals surface area contributed by atoms with Gasteiger partial charge in [-0.25, -0.2) is 8.78 Å². The van der Waals surface area contributed by atoms with E-state index in [0.29, 0.717) is 12.1 Å². The molecule has 0 amide bonds. The summed E-state index contributed by atoms with van der Waals surface area (Å²) in [6.07, 6.45) is 0. The number of alkyl halides is 2. The molecule has 1 saturated heterocycles. The molecule has 1 N–H and O–H groups in total. The lowest BCUT2D eigenvalue weighted by atomic mass is 9.94. The predicted octanol–water partition coefficient (Wildman–Crippen LogP) is 3.48. The smallest absolute Gasteiger partial charge is 0.292 e. The average molecular weight is 367 g/mol. The fraction of sp³-hybridized carbons (Fsp3) is 0.333.